The number of carbonyl (C=O) groups excluding carboxylic acids is 9. The second kappa shape index (κ2) is 35.1. The summed E-state index contributed by atoms with van der Waals surface area (Å²) in [5.74, 6) is -10.4. The number of aliphatic hydroxyl groups is 1. The van der Waals surface area contributed by atoms with Crippen LogP contribution in [0.15, 0.2) is 42.9 Å². The summed E-state index contributed by atoms with van der Waals surface area (Å²) in [5.41, 5.74) is 12.3. The van der Waals surface area contributed by atoms with Crippen LogP contribution in [0.5, 0.6) is 0 Å². The summed E-state index contributed by atoms with van der Waals surface area (Å²) in [6, 6.07) is -2.98. The van der Waals surface area contributed by atoms with Gasteiger partial charge < -0.3 is 79.6 Å². The molecule has 3 rings (SSSR count). The molecule has 2 aromatic rings. The number of hydrogen-bond acceptors (Lipinski definition) is 15. The number of primary amides is 1. The number of aromatic amines is 1. The summed E-state index contributed by atoms with van der Waals surface area (Å²) >= 11 is 0. The number of carboxylic acid groups (broad SMARTS) is 2. The van der Waals surface area contributed by atoms with E-state index in [2.05, 4.69) is 57.8 Å². The Bertz CT molecular complexity index is 2310. The van der Waals surface area contributed by atoms with Crippen LogP contribution in [-0.4, -0.2) is 164 Å². The van der Waals surface area contributed by atoms with E-state index in [-0.39, 0.29) is 50.5 Å². The van der Waals surface area contributed by atoms with Gasteiger partial charge in [-0.2, -0.15) is 0 Å². The van der Waals surface area contributed by atoms with Crippen molar-refractivity contribution in [2.24, 2.45) is 29.2 Å². The quantitative estimate of drug-likeness (QED) is 0.0336. The van der Waals surface area contributed by atoms with Gasteiger partial charge in [-0.25, -0.2) is 9.78 Å². The third-order valence-electron chi connectivity index (χ3n) is 12.2. The van der Waals surface area contributed by atoms with Gasteiger partial charge >= 0.3 is 5.97 Å². The number of aliphatic carboxylic acids is 2. The van der Waals surface area contributed by atoms with E-state index in [4.69, 9.17) is 21.4 Å². The second-order valence-corrected chi connectivity index (χ2v) is 20.5. The summed E-state index contributed by atoms with van der Waals surface area (Å²) in [5, 5.41) is 51.0. The lowest BCUT2D eigenvalue weighted by atomic mass is 9.99. The molecule has 0 radical (unpaired) electrons. The summed E-state index contributed by atoms with van der Waals surface area (Å²) in [4.78, 5) is 151. The number of carboxylic acids is 2. The highest BCUT2D eigenvalue weighted by Gasteiger charge is 2.37. The number of aromatic nitrogens is 2. The number of unbranched alkanes of at least 4 members (excludes halogenated alkanes) is 1. The fourth-order valence-corrected chi connectivity index (χ4v) is 8.24. The maximum atomic E-state index is 14.4. The Morgan fingerprint density at radius 2 is 1.14 bits per heavy atom. The van der Waals surface area contributed by atoms with Crippen LogP contribution in [-0.2, 0) is 65.6 Å². The average molecular weight is 1110 g/mol. The number of H-pyrrole nitrogens is 1. The van der Waals surface area contributed by atoms with E-state index in [0.29, 0.717) is 37.1 Å². The van der Waals surface area contributed by atoms with Crippen LogP contribution in [0, 0.1) is 17.8 Å². The zero-order valence-electron chi connectivity index (χ0n) is 46.1. The molecule has 1 saturated heterocycles. The highest BCUT2D eigenvalue weighted by atomic mass is 16.4. The molecule has 9 unspecified atom stereocenters. The molecule has 27 heteroatoms. The molecule has 17 N–H and O–H groups in total. The van der Waals surface area contributed by atoms with Crippen molar-refractivity contribution in [3.63, 3.8) is 0 Å². The monoisotopic (exact) mass is 1110 g/mol. The van der Waals surface area contributed by atoms with Crippen LogP contribution >= 0.6 is 0 Å². The molecular formula is C52H83N13O14. The molecule has 27 nitrogen and oxygen atoms in total. The molecule has 1 aliphatic heterocycles. The lowest BCUT2D eigenvalue weighted by molar-refractivity contribution is -0.142. The third-order valence-corrected chi connectivity index (χ3v) is 12.2. The Morgan fingerprint density at radius 1 is 0.646 bits per heavy atom. The molecule has 0 saturated carbocycles. The average Bonchev–Trinajstić information content (AvgIpc) is 4.11. The standard InChI is InChI=1S/C50H79N13O12.C2H4O2/c1-27(2)19-34(44(68)58-35(20-28(3)4)45(69)62-39(25-64)48(72)61-38(50(74)75)22-31-24-53-26-55-31)57-43(67)33(15-10-11-17-51)56-46(70)36(21-30-13-8-7-9-14-30)59-47(71)37(23-40(52)65)60-49(73)41(29(5)6)63-42(66)32-16-12-18-54-32;1-2(3)4/h7-9,13-14,24,26-29,32-39,41,54,64H,10-12,15-23,25,51H2,1-6H3,(H2,52,65)(H,53,55)(H,56,70)(H,57,67)(H,58,68)(H,59,71)(H,60,73)(H,61,72)(H,62,69)(H,63,66)(H,74,75);1H3,(H,3,4). The van der Waals surface area contributed by atoms with Crippen LogP contribution in [0.25, 0.3) is 0 Å². The van der Waals surface area contributed by atoms with Crippen molar-refractivity contribution >= 4 is 65.1 Å². The topological polar surface area (TPSA) is 437 Å². The van der Waals surface area contributed by atoms with Crippen molar-refractivity contribution < 1.29 is 68.1 Å². The van der Waals surface area contributed by atoms with Gasteiger partial charge in [0, 0.05) is 31.7 Å². The first-order valence-electron chi connectivity index (χ1n) is 26.5. The van der Waals surface area contributed by atoms with Crippen molar-refractivity contribution in [2.45, 2.75) is 167 Å². The summed E-state index contributed by atoms with van der Waals surface area (Å²) < 4.78 is 0. The van der Waals surface area contributed by atoms with Crippen LogP contribution in [0.2, 0.25) is 0 Å². The Kier molecular flexibility index (Phi) is 30.0. The van der Waals surface area contributed by atoms with E-state index in [1.165, 1.54) is 12.5 Å². The molecule has 2 heterocycles. The minimum atomic E-state index is -1.62. The normalized spacial score (nSPS) is 16.0. The number of amides is 9. The molecule has 0 spiro atoms. The number of benzene rings is 1. The predicted molar refractivity (Wildman–Crippen MR) is 287 cm³/mol. The first-order chi connectivity index (χ1) is 37.3. The number of aliphatic hydroxyl groups excluding tert-OH is 1. The molecule has 440 valence electrons. The van der Waals surface area contributed by atoms with Gasteiger partial charge in [0.05, 0.1) is 25.4 Å². The SMILES string of the molecule is CC(=O)O.CC(C)CC(NC(=O)C(CC(C)C)NC(=O)C(CCCCN)NC(=O)C(Cc1ccccc1)NC(=O)C(CC(N)=O)NC(=O)C(NC(=O)C1CCCN1)C(C)C)C(=O)NC(CO)C(=O)NC(Cc1cnc[nH]1)C(=O)O. The first kappa shape index (κ1) is 67.6. The third kappa shape index (κ3) is 25.7. The van der Waals surface area contributed by atoms with E-state index in [1.807, 2.05) is 0 Å². The zero-order valence-corrected chi connectivity index (χ0v) is 46.1. The molecule has 0 aliphatic carbocycles. The lowest BCUT2D eigenvalue weighted by Gasteiger charge is -2.29. The maximum absolute atomic E-state index is 14.4. The highest BCUT2D eigenvalue weighted by molar-refractivity contribution is 5.99. The minimum absolute atomic E-state index is 0.0312. The van der Waals surface area contributed by atoms with Crippen LogP contribution < -0.4 is 59.3 Å². The van der Waals surface area contributed by atoms with Gasteiger partial charge in [0.1, 0.15) is 48.3 Å². The Balaban J connectivity index is 0.00000514. The fourth-order valence-electron chi connectivity index (χ4n) is 8.24. The zero-order chi connectivity index (χ0) is 59.4. The number of rotatable bonds is 33. The van der Waals surface area contributed by atoms with E-state index in [1.54, 1.807) is 71.9 Å². The predicted octanol–water partition coefficient (Wildman–Crippen LogP) is -2.25. The second-order valence-electron chi connectivity index (χ2n) is 20.5. The summed E-state index contributed by atoms with van der Waals surface area (Å²) in [7, 11) is 0. The first-order valence-corrected chi connectivity index (χ1v) is 26.5. The molecule has 1 aromatic heterocycles. The number of nitrogens with zero attached hydrogens (tertiary/aromatic N) is 1. The highest BCUT2D eigenvalue weighted by Crippen LogP contribution is 2.14. The fraction of sp³-hybridized carbons (Fsp3) is 0.615. The Hall–Kier alpha value is -7.52. The number of hydrogen-bond donors (Lipinski definition) is 15. The van der Waals surface area contributed by atoms with Crippen LogP contribution in [0.4, 0.5) is 0 Å². The molecule has 9 atom stereocenters. The Labute approximate surface area is 459 Å². The van der Waals surface area contributed by atoms with Crippen molar-refractivity contribution in [3.8, 4) is 0 Å². The van der Waals surface area contributed by atoms with Gasteiger partial charge in [-0.1, -0.05) is 71.9 Å². The van der Waals surface area contributed by atoms with Gasteiger partial charge in [-0.3, -0.25) is 47.9 Å². The van der Waals surface area contributed by atoms with E-state index in [9.17, 15) is 58.2 Å². The number of nitrogens with one attached hydrogen (secondary N) is 10. The van der Waals surface area contributed by atoms with Crippen molar-refractivity contribution in [1.82, 2.24) is 57.8 Å². The van der Waals surface area contributed by atoms with Gasteiger partial charge in [0.25, 0.3) is 5.97 Å². The van der Waals surface area contributed by atoms with Gasteiger partial charge in [-0.05, 0) is 81.4 Å². The largest absolute Gasteiger partial charge is 0.481 e. The van der Waals surface area contributed by atoms with Crippen LogP contribution in [0.1, 0.15) is 111 Å². The number of nitrogens with two attached hydrogens (primary N) is 2. The molecule has 1 fully saturated rings. The number of imidazole rings is 1. The van der Waals surface area contributed by atoms with E-state index in [0.717, 1.165) is 13.3 Å². The van der Waals surface area contributed by atoms with Gasteiger partial charge in [-0.15, -0.1) is 0 Å². The van der Waals surface area contributed by atoms with Gasteiger partial charge in [0.15, 0.2) is 0 Å². The summed E-state index contributed by atoms with van der Waals surface area (Å²) in [6.07, 6.45) is 4.03. The molecule has 9 amide bonds. The maximum Gasteiger partial charge on any atom is 0.326 e. The lowest BCUT2D eigenvalue weighted by Crippen LogP contribution is -2.61. The van der Waals surface area contributed by atoms with Crippen LogP contribution in [0.3, 0.4) is 0 Å². The molecule has 79 heavy (non-hydrogen) atoms. The van der Waals surface area contributed by atoms with E-state index < -0.39 is 138 Å². The van der Waals surface area contributed by atoms with Gasteiger partial charge in [0.2, 0.25) is 53.2 Å². The van der Waals surface area contributed by atoms with Crippen molar-refractivity contribution in [3.05, 3.63) is 54.1 Å². The smallest absolute Gasteiger partial charge is 0.326 e. The summed E-state index contributed by atoms with van der Waals surface area (Å²) in [6.45, 7) is 11.6. The Morgan fingerprint density at radius 3 is 1.62 bits per heavy atom. The number of carbonyl (C=O) groups is 11. The molecular weight excluding hydrogens is 1030 g/mol. The van der Waals surface area contributed by atoms with E-state index >= 15 is 0 Å². The van der Waals surface area contributed by atoms with Crippen molar-refractivity contribution in [2.75, 3.05) is 19.7 Å². The molecule has 1 aromatic carbocycles. The minimum Gasteiger partial charge on any atom is -0.481 e. The van der Waals surface area contributed by atoms with Crippen molar-refractivity contribution in [1.29, 1.82) is 0 Å². The molecule has 1 aliphatic rings. The molecule has 0 bridgehead atoms.